The van der Waals surface area contributed by atoms with E-state index in [1.165, 1.54) is 44.5 Å². The van der Waals surface area contributed by atoms with Gasteiger partial charge in [-0.25, -0.2) is 0 Å². The van der Waals surface area contributed by atoms with Gasteiger partial charge < -0.3 is 10.3 Å². The first-order chi connectivity index (χ1) is 8.45. The van der Waals surface area contributed by atoms with Gasteiger partial charge in [0.1, 0.15) is 0 Å². The minimum Gasteiger partial charge on any atom is -0.364 e. The SMILES string of the molecule is c1c[nH]c([C@@H](C2CCCC2)N2CCNCC2)c1. The number of hydrogen-bond acceptors (Lipinski definition) is 2. The van der Waals surface area contributed by atoms with Crippen LogP contribution >= 0.6 is 0 Å². The zero-order chi connectivity index (χ0) is 11.5. The summed E-state index contributed by atoms with van der Waals surface area (Å²) in [6, 6.07) is 5.04. The smallest absolute Gasteiger partial charge is 0.0527 e. The van der Waals surface area contributed by atoms with Crippen molar-refractivity contribution >= 4 is 0 Å². The molecule has 1 aliphatic heterocycles. The summed E-state index contributed by atoms with van der Waals surface area (Å²) in [7, 11) is 0. The molecular formula is C14H23N3. The van der Waals surface area contributed by atoms with Crippen molar-refractivity contribution in [3.8, 4) is 0 Å². The van der Waals surface area contributed by atoms with E-state index in [0.29, 0.717) is 6.04 Å². The average Bonchev–Trinajstić information content (AvgIpc) is 3.04. The molecule has 0 amide bonds. The Morgan fingerprint density at radius 2 is 1.94 bits per heavy atom. The van der Waals surface area contributed by atoms with E-state index in [2.05, 4.69) is 33.5 Å². The molecule has 1 aromatic rings. The molecule has 1 aliphatic carbocycles. The quantitative estimate of drug-likeness (QED) is 0.838. The van der Waals surface area contributed by atoms with E-state index < -0.39 is 0 Å². The molecule has 3 rings (SSSR count). The minimum atomic E-state index is 0.634. The van der Waals surface area contributed by atoms with E-state index in [1.54, 1.807) is 0 Å². The van der Waals surface area contributed by atoms with Crippen molar-refractivity contribution < 1.29 is 0 Å². The van der Waals surface area contributed by atoms with Gasteiger partial charge in [-0.3, -0.25) is 4.90 Å². The van der Waals surface area contributed by atoms with Gasteiger partial charge in [0.15, 0.2) is 0 Å². The molecule has 2 fully saturated rings. The van der Waals surface area contributed by atoms with E-state index in [9.17, 15) is 0 Å². The van der Waals surface area contributed by atoms with Crippen LogP contribution < -0.4 is 5.32 Å². The maximum atomic E-state index is 3.45. The Morgan fingerprint density at radius 1 is 1.18 bits per heavy atom. The normalized spacial score (nSPS) is 25.2. The van der Waals surface area contributed by atoms with Crippen LogP contribution in [0.5, 0.6) is 0 Å². The molecule has 0 aromatic carbocycles. The molecule has 3 nitrogen and oxygen atoms in total. The lowest BCUT2D eigenvalue weighted by Crippen LogP contribution is -2.46. The fourth-order valence-electron chi connectivity index (χ4n) is 3.51. The number of rotatable bonds is 3. The van der Waals surface area contributed by atoms with Crippen molar-refractivity contribution in [3.05, 3.63) is 24.0 Å². The molecule has 0 radical (unpaired) electrons. The van der Waals surface area contributed by atoms with Crippen molar-refractivity contribution in [2.45, 2.75) is 31.7 Å². The first-order valence-corrected chi connectivity index (χ1v) is 7.03. The molecule has 17 heavy (non-hydrogen) atoms. The molecule has 2 aliphatic rings. The van der Waals surface area contributed by atoms with Crippen molar-refractivity contribution in [3.63, 3.8) is 0 Å². The molecule has 94 valence electrons. The van der Waals surface area contributed by atoms with Crippen LogP contribution in [0.2, 0.25) is 0 Å². The third-order valence-corrected chi connectivity index (χ3v) is 4.33. The third-order valence-electron chi connectivity index (χ3n) is 4.33. The summed E-state index contributed by atoms with van der Waals surface area (Å²) in [6.45, 7) is 4.67. The van der Waals surface area contributed by atoms with Gasteiger partial charge in [0.05, 0.1) is 6.04 Å². The monoisotopic (exact) mass is 233 g/mol. The van der Waals surface area contributed by atoms with Crippen LogP contribution in [0.3, 0.4) is 0 Å². The van der Waals surface area contributed by atoms with Gasteiger partial charge in [0.25, 0.3) is 0 Å². The Balaban J connectivity index is 1.79. The molecule has 1 aromatic heterocycles. The lowest BCUT2D eigenvalue weighted by Gasteiger charge is -2.37. The largest absolute Gasteiger partial charge is 0.364 e. The average molecular weight is 233 g/mol. The maximum Gasteiger partial charge on any atom is 0.0527 e. The highest BCUT2D eigenvalue weighted by Crippen LogP contribution is 2.38. The van der Waals surface area contributed by atoms with Gasteiger partial charge >= 0.3 is 0 Å². The standard InChI is InChI=1S/C14H23N3/c1-2-5-12(4-1)14(13-6-3-7-16-13)17-10-8-15-9-11-17/h3,6-7,12,14-16H,1-2,4-5,8-11H2/t14-/m1/s1. The molecule has 1 saturated carbocycles. The van der Waals surface area contributed by atoms with Crippen LogP contribution in [0.25, 0.3) is 0 Å². The second kappa shape index (κ2) is 5.23. The first-order valence-electron chi connectivity index (χ1n) is 7.03. The number of nitrogens with one attached hydrogen (secondary N) is 2. The second-order valence-corrected chi connectivity index (χ2v) is 5.40. The molecule has 0 spiro atoms. The minimum absolute atomic E-state index is 0.634. The number of aromatic nitrogens is 1. The topological polar surface area (TPSA) is 31.1 Å². The molecule has 1 saturated heterocycles. The number of nitrogens with zero attached hydrogens (tertiary/aromatic N) is 1. The van der Waals surface area contributed by atoms with Gasteiger partial charge in [-0.15, -0.1) is 0 Å². The third kappa shape index (κ3) is 2.40. The summed E-state index contributed by atoms with van der Waals surface area (Å²) in [6.07, 6.45) is 7.74. The first kappa shape index (κ1) is 11.3. The Bertz CT molecular complexity index is 321. The zero-order valence-electron chi connectivity index (χ0n) is 10.5. The fraction of sp³-hybridized carbons (Fsp3) is 0.714. The lowest BCUT2D eigenvalue weighted by atomic mass is 9.93. The zero-order valence-corrected chi connectivity index (χ0v) is 10.5. The second-order valence-electron chi connectivity index (χ2n) is 5.40. The summed E-state index contributed by atoms with van der Waals surface area (Å²) in [5.41, 5.74) is 1.43. The van der Waals surface area contributed by atoms with Crippen LogP contribution in [0.1, 0.15) is 37.4 Å². The molecule has 2 N–H and O–H groups in total. The predicted molar refractivity (Wildman–Crippen MR) is 69.9 cm³/mol. The Kier molecular flexibility index (Phi) is 3.48. The van der Waals surface area contributed by atoms with Crippen molar-refractivity contribution in [2.75, 3.05) is 26.2 Å². The van der Waals surface area contributed by atoms with E-state index in [-0.39, 0.29) is 0 Å². The lowest BCUT2D eigenvalue weighted by molar-refractivity contribution is 0.123. The van der Waals surface area contributed by atoms with Gasteiger partial charge in [-0.1, -0.05) is 12.8 Å². The maximum absolute atomic E-state index is 3.45. The Hall–Kier alpha value is -0.800. The number of hydrogen-bond donors (Lipinski definition) is 2. The number of piperazine rings is 1. The highest BCUT2D eigenvalue weighted by atomic mass is 15.2. The van der Waals surface area contributed by atoms with Crippen LogP contribution in [-0.4, -0.2) is 36.1 Å². The van der Waals surface area contributed by atoms with Crippen LogP contribution in [0.15, 0.2) is 18.3 Å². The molecule has 1 atom stereocenters. The van der Waals surface area contributed by atoms with Gasteiger partial charge in [0, 0.05) is 38.1 Å². The van der Waals surface area contributed by atoms with Crippen molar-refractivity contribution in [1.29, 1.82) is 0 Å². The highest BCUT2D eigenvalue weighted by Gasteiger charge is 2.32. The summed E-state index contributed by atoms with van der Waals surface area (Å²) in [5.74, 6) is 0.867. The van der Waals surface area contributed by atoms with E-state index >= 15 is 0 Å². The highest BCUT2D eigenvalue weighted by molar-refractivity contribution is 5.12. The van der Waals surface area contributed by atoms with E-state index in [1.807, 2.05) is 0 Å². The molecule has 2 heterocycles. The van der Waals surface area contributed by atoms with Crippen LogP contribution in [0.4, 0.5) is 0 Å². The van der Waals surface area contributed by atoms with Gasteiger partial charge in [-0.05, 0) is 30.9 Å². The summed E-state index contributed by atoms with van der Waals surface area (Å²) >= 11 is 0. The molecular weight excluding hydrogens is 210 g/mol. The van der Waals surface area contributed by atoms with Crippen molar-refractivity contribution in [1.82, 2.24) is 15.2 Å². The molecule has 0 unspecified atom stereocenters. The summed E-state index contributed by atoms with van der Waals surface area (Å²) in [4.78, 5) is 6.13. The molecule has 0 bridgehead atoms. The number of aromatic amines is 1. The Labute approximate surface area is 104 Å². The van der Waals surface area contributed by atoms with Crippen LogP contribution in [0, 0.1) is 5.92 Å². The van der Waals surface area contributed by atoms with E-state index in [0.717, 1.165) is 19.0 Å². The molecule has 3 heteroatoms. The summed E-state index contributed by atoms with van der Waals surface area (Å²) in [5, 5.41) is 3.45. The fourth-order valence-corrected chi connectivity index (χ4v) is 3.51. The predicted octanol–water partition coefficient (Wildman–Crippen LogP) is 2.15. The summed E-state index contributed by atoms with van der Waals surface area (Å²) < 4.78 is 0. The van der Waals surface area contributed by atoms with Gasteiger partial charge in [0.2, 0.25) is 0 Å². The van der Waals surface area contributed by atoms with Crippen molar-refractivity contribution in [2.24, 2.45) is 5.92 Å². The van der Waals surface area contributed by atoms with Crippen LogP contribution in [-0.2, 0) is 0 Å². The Morgan fingerprint density at radius 3 is 2.59 bits per heavy atom. The number of H-pyrrole nitrogens is 1. The van der Waals surface area contributed by atoms with Gasteiger partial charge in [-0.2, -0.15) is 0 Å². The van der Waals surface area contributed by atoms with E-state index in [4.69, 9.17) is 0 Å².